The second-order valence-corrected chi connectivity index (χ2v) is 5.19. The SMILES string of the molecule is O=C(Nc1ncc(Cc2ccc(Cl)cc2)o1)c1ccccc1. The minimum atomic E-state index is -0.250. The molecule has 5 heteroatoms. The van der Waals surface area contributed by atoms with Crippen LogP contribution in [0.4, 0.5) is 6.01 Å². The van der Waals surface area contributed by atoms with E-state index in [1.54, 1.807) is 30.5 Å². The Morgan fingerprint density at radius 1 is 1.09 bits per heavy atom. The molecule has 0 saturated carbocycles. The molecule has 1 aromatic heterocycles. The summed E-state index contributed by atoms with van der Waals surface area (Å²) >= 11 is 5.85. The van der Waals surface area contributed by atoms with Crippen molar-refractivity contribution in [2.24, 2.45) is 0 Å². The summed E-state index contributed by atoms with van der Waals surface area (Å²) in [7, 11) is 0. The Bertz CT molecular complexity index is 767. The topological polar surface area (TPSA) is 55.1 Å². The molecule has 0 atom stereocenters. The van der Waals surface area contributed by atoms with Crippen molar-refractivity contribution in [1.82, 2.24) is 4.98 Å². The van der Waals surface area contributed by atoms with Crippen molar-refractivity contribution in [2.75, 3.05) is 5.32 Å². The maximum Gasteiger partial charge on any atom is 0.301 e. The van der Waals surface area contributed by atoms with Gasteiger partial charge in [0.2, 0.25) is 0 Å². The van der Waals surface area contributed by atoms with Crippen molar-refractivity contribution in [2.45, 2.75) is 6.42 Å². The second-order valence-electron chi connectivity index (χ2n) is 4.76. The van der Waals surface area contributed by atoms with Gasteiger partial charge in [0, 0.05) is 17.0 Å². The highest BCUT2D eigenvalue weighted by Gasteiger charge is 2.10. The van der Waals surface area contributed by atoms with Gasteiger partial charge in [-0.3, -0.25) is 10.1 Å². The molecule has 0 aliphatic rings. The molecule has 0 radical (unpaired) electrons. The average Bonchev–Trinajstić information content (AvgIpc) is 2.97. The lowest BCUT2D eigenvalue weighted by Gasteiger charge is -2.00. The Balaban J connectivity index is 1.66. The summed E-state index contributed by atoms with van der Waals surface area (Å²) in [5.74, 6) is 0.422. The predicted molar refractivity (Wildman–Crippen MR) is 85.2 cm³/mol. The van der Waals surface area contributed by atoms with Crippen LogP contribution in [0.15, 0.2) is 65.2 Å². The molecule has 0 aliphatic carbocycles. The van der Waals surface area contributed by atoms with Gasteiger partial charge in [0.1, 0.15) is 5.76 Å². The first-order valence-corrected chi connectivity index (χ1v) is 7.14. The van der Waals surface area contributed by atoms with Crippen LogP contribution in [0.1, 0.15) is 21.7 Å². The van der Waals surface area contributed by atoms with Crippen LogP contribution in [0.2, 0.25) is 5.02 Å². The molecule has 0 fully saturated rings. The fraction of sp³-hybridized carbons (Fsp3) is 0.0588. The largest absolute Gasteiger partial charge is 0.428 e. The number of nitrogens with zero attached hydrogens (tertiary/aromatic N) is 1. The van der Waals surface area contributed by atoms with E-state index < -0.39 is 0 Å². The van der Waals surface area contributed by atoms with Crippen molar-refractivity contribution < 1.29 is 9.21 Å². The van der Waals surface area contributed by atoms with Crippen LogP contribution in [0.5, 0.6) is 0 Å². The fourth-order valence-electron chi connectivity index (χ4n) is 2.01. The van der Waals surface area contributed by atoms with Crippen LogP contribution in [0, 0.1) is 0 Å². The molecule has 0 spiro atoms. The maximum atomic E-state index is 12.0. The van der Waals surface area contributed by atoms with Gasteiger partial charge in [0.05, 0.1) is 6.20 Å². The zero-order valence-electron chi connectivity index (χ0n) is 11.6. The minimum Gasteiger partial charge on any atom is -0.428 e. The van der Waals surface area contributed by atoms with E-state index in [2.05, 4.69) is 10.3 Å². The molecule has 110 valence electrons. The van der Waals surface area contributed by atoms with E-state index in [0.717, 1.165) is 5.56 Å². The minimum absolute atomic E-state index is 0.192. The molecular weight excluding hydrogens is 300 g/mol. The van der Waals surface area contributed by atoms with Gasteiger partial charge in [-0.05, 0) is 29.8 Å². The van der Waals surface area contributed by atoms with E-state index in [1.807, 2.05) is 30.3 Å². The number of hydrogen-bond donors (Lipinski definition) is 1. The molecule has 3 aromatic rings. The predicted octanol–water partition coefficient (Wildman–Crippen LogP) is 4.17. The van der Waals surface area contributed by atoms with Gasteiger partial charge in [-0.25, -0.2) is 4.98 Å². The molecule has 1 N–H and O–H groups in total. The third-order valence-corrected chi connectivity index (χ3v) is 3.35. The van der Waals surface area contributed by atoms with Crippen molar-refractivity contribution in [3.63, 3.8) is 0 Å². The van der Waals surface area contributed by atoms with Gasteiger partial charge >= 0.3 is 6.01 Å². The van der Waals surface area contributed by atoms with Crippen LogP contribution in [0.3, 0.4) is 0 Å². The number of oxazole rings is 1. The number of hydrogen-bond acceptors (Lipinski definition) is 3. The fourth-order valence-corrected chi connectivity index (χ4v) is 2.14. The van der Waals surface area contributed by atoms with E-state index in [0.29, 0.717) is 22.8 Å². The van der Waals surface area contributed by atoms with Gasteiger partial charge in [-0.1, -0.05) is 41.9 Å². The van der Waals surface area contributed by atoms with Crippen LogP contribution < -0.4 is 5.32 Å². The highest BCUT2D eigenvalue weighted by molar-refractivity contribution is 6.30. The summed E-state index contributed by atoms with van der Waals surface area (Å²) in [6.45, 7) is 0. The highest BCUT2D eigenvalue weighted by Crippen LogP contribution is 2.16. The number of halogens is 1. The maximum absolute atomic E-state index is 12.0. The van der Waals surface area contributed by atoms with E-state index >= 15 is 0 Å². The summed E-state index contributed by atoms with van der Waals surface area (Å²) in [6.07, 6.45) is 2.20. The Morgan fingerprint density at radius 2 is 1.82 bits per heavy atom. The zero-order chi connectivity index (χ0) is 15.4. The number of aromatic nitrogens is 1. The summed E-state index contributed by atoms with van der Waals surface area (Å²) < 4.78 is 5.53. The highest BCUT2D eigenvalue weighted by atomic mass is 35.5. The molecule has 22 heavy (non-hydrogen) atoms. The second kappa shape index (κ2) is 6.45. The smallest absolute Gasteiger partial charge is 0.301 e. The van der Waals surface area contributed by atoms with E-state index in [1.165, 1.54) is 0 Å². The first-order valence-electron chi connectivity index (χ1n) is 6.76. The van der Waals surface area contributed by atoms with E-state index in [-0.39, 0.29) is 11.9 Å². The molecule has 0 bridgehead atoms. The number of benzene rings is 2. The average molecular weight is 313 g/mol. The third kappa shape index (κ3) is 3.54. The van der Waals surface area contributed by atoms with Crippen LogP contribution in [-0.4, -0.2) is 10.9 Å². The molecule has 0 saturated heterocycles. The number of anilines is 1. The van der Waals surface area contributed by atoms with Crippen LogP contribution in [0.25, 0.3) is 0 Å². The first-order chi connectivity index (χ1) is 10.7. The lowest BCUT2D eigenvalue weighted by Crippen LogP contribution is -2.11. The molecule has 0 aliphatic heterocycles. The molecule has 0 unspecified atom stereocenters. The van der Waals surface area contributed by atoms with Gasteiger partial charge in [-0.2, -0.15) is 0 Å². The van der Waals surface area contributed by atoms with Crippen LogP contribution in [-0.2, 0) is 6.42 Å². The van der Waals surface area contributed by atoms with Gasteiger partial charge < -0.3 is 4.42 Å². The number of rotatable bonds is 4. The quantitative estimate of drug-likeness (QED) is 0.786. The van der Waals surface area contributed by atoms with Crippen molar-refractivity contribution in [3.05, 3.63) is 82.7 Å². The number of carbonyl (C=O) groups excluding carboxylic acids is 1. The normalized spacial score (nSPS) is 10.4. The molecule has 3 rings (SSSR count). The van der Waals surface area contributed by atoms with Gasteiger partial charge in [0.25, 0.3) is 5.91 Å². The summed E-state index contributed by atoms with van der Waals surface area (Å²) in [5.41, 5.74) is 1.61. The lowest BCUT2D eigenvalue weighted by molar-refractivity contribution is 0.102. The Morgan fingerprint density at radius 3 is 2.55 bits per heavy atom. The number of carbonyl (C=O) groups is 1. The van der Waals surface area contributed by atoms with Crippen molar-refractivity contribution in [1.29, 1.82) is 0 Å². The summed E-state index contributed by atoms with van der Waals surface area (Å²) in [4.78, 5) is 16.1. The summed E-state index contributed by atoms with van der Waals surface area (Å²) in [5, 5.41) is 3.33. The molecule has 2 aromatic carbocycles. The summed E-state index contributed by atoms with van der Waals surface area (Å²) in [6, 6.07) is 16.6. The molecular formula is C17H13ClN2O2. The van der Waals surface area contributed by atoms with E-state index in [4.69, 9.17) is 16.0 Å². The number of amides is 1. The monoisotopic (exact) mass is 312 g/mol. The molecule has 1 amide bonds. The molecule has 4 nitrogen and oxygen atoms in total. The Labute approximate surface area is 132 Å². The molecule has 1 heterocycles. The standard InChI is InChI=1S/C17H13ClN2O2/c18-14-8-6-12(7-9-14)10-15-11-19-17(22-15)20-16(21)13-4-2-1-3-5-13/h1-9,11H,10H2,(H,19,20,21). The Kier molecular flexibility index (Phi) is 4.21. The zero-order valence-corrected chi connectivity index (χ0v) is 12.4. The Hall–Kier alpha value is -2.59. The number of nitrogens with one attached hydrogen (secondary N) is 1. The van der Waals surface area contributed by atoms with Crippen LogP contribution >= 0.6 is 11.6 Å². The first kappa shape index (κ1) is 14.4. The van der Waals surface area contributed by atoms with Crippen molar-refractivity contribution in [3.8, 4) is 0 Å². The van der Waals surface area contributed by atoms with Crippen molar-refractivity contribution >= 4 is 23.5 Å². The van der Waals surface area contributed by atoms with Gasteiger partial charge in [0.15, 0.2) is 0 Å². The van der Waals surface area contributed by atoms with Gasteiger partial charge in [-0.15, -0.1) is 0 Å². The lowest BCUT2D eigenvalue weighted by atomic mass is 10.1. The van der Waals surface area contributed by atoms with E-state index in [9.17, 15) is 4.79 Å². The third-order valence-electron chi connectivity index (χ3n) is 3.10.